The highest BCUT2D eigenvalue weighted by molar-refractivity contribution is 6.15. The minimum absolute atomic E-state index is 0.0613. The van der Waals surface area contributed by atoms with Gasteiger partial charge in [-0.15, -0.1) is 0 Å². The molecule has 3 rings (SSSR count). The second-order valence-electron chi connectivity index (χ2n) is 4.85. The Morgan fingerprint density at radius 3 is 2.38 bits per heavy atom. The lowest BCUT2D eigenvalue weighted by molar-refractivity contribution is 0.0443. The number of benzene rings is 2. The van der Waals surface area contributed by atoms with Crippen molar-refractivity contribution in [2.24, 2.45) is 0 Å². The lowest BCUT2D eigenvalue weighted by Crippen LogP contribution is -2.03. The molecule has 2 aromatic rings. The van der Waals surface area contributed by atoms with Crippen molar-refractivity contribution in [1.82, 2.24) is 0 Å². The summed E-state index contributed by atoms with van der Waals surface area (Å²) in [6.07, 6.45) is 0.992. The van der Waals surface area contributed by atoms with Crippen molar-refractivity contribution in [3.8, 4) is 0 Å². The Morgan fingerprint density at radius 1 is 0.905 bits per heavy atom. The Kier molecular flexibility index (Phi) is 3.36. The number of hydrogen-bond donors (Lipinski definition) is 0. The second kappa shape index (κ2) is 5.32. The third-order valence-electron chi connectivity index (χ3n) is 3.45. The summed E-state index contributed by atoms with van der Waals surface area (Å²) in [5, 5.41) is 0. The molecule has 1 heterocycles. The third kappa shape index (κ3) is 2.60. The van der Waals surface area contributed by atoms with Crippen LogP contribution in [0.5, 0.6) is 0 Å². The van der Waals surface area contributed by atoms with Crippen LogP contribution in [0.3, 0.4) is 0 Å². The van der Waals surface area contributed by atoms with Crippen LogP contribution >= 0.6 is 0 Å². The van der Waals surface area contributed by atoms with Gasteiger partial charge in [0.25, 0.3) is 0 Å². The van der Waals surface area contributed by atoms with Crippen LogP contribution in [0.25, 0.3) is 0 Å². The minimum Gasteiger partial charge on any atom is -0.386 e. The molecule has 0 unspecified atom stereocenters. The number of hydrogen-bond acceptors (Lipinski definition) is 4. The van der Waals surface area contributed by atoms with E-state index < -0.39 is 11.9 Å². The Morgan fingerprint density at radius 2 is 1.62 bits per heavy atom. The molecule has 1 aliphatic heterocycles. The highest BCUT2D eigenvalue weighted by Gasteiger charge is 2.30. The van der Waals surface area contributed by atoms with Gasteiger partial charge in [0.05, 0.1) is 11.1 Å². The van der Waals surface area contributed by atoms with Gasteiger partial charge in [-0.05, 0) is 24.1 Å². The van der Waals surface area contributed by atoms with Crippen molar-refractivity contribution in [2.45, 2.75) is 12.8 Å². The Labute approximate surface area is 121 Å². The molecular formula is C17H12O4. The first-order chi connectivity index (χ1) is 10.1. The van der Waals surface area contributed by atoms with Gasteiger partial charge >= 0.3 is 11.9 Å². The third-order valence-corrected chi connectivity index (χ3v) is 3.45. The molecule has 0 fully saturated rings. The molecule has 1 aliphatic rings. The van der Waals surface area contributed by atoms with E-state index in [-0.39, 0.29) is 16.9 Å². The SMILES string of the molecule is O=C(CCc1ccccc1)c1ccc2c(c1)C(=O)OC2=O. The van der Waals surface area contributed by atoms with Gasteiger partial charge < -0.3 is 4.74 Å². The van der Waals surface area contributed by atoms with Gasteiger partial charge in [0.1, 0.15) is 0 Å². The number of esters is 2. The molecule has 0 radical (unpaired) electrons. The first-order valence-electron chi connectivity index (χ1n) is 6.63. The second-order valence-corrected chi connectivity index (χ2v) is 4.85. The molecule has 0 aromatic heterocycles. The van der Waals surface area contributed by atoms with E-state index in [1.54, 1.807) is 6.07 Å². The van der Waals surface area contributed by atoms with E-state index in [0.29, 0.717) is 18.4 Å². The maximum absolute atomic E-state index is 12.2. The number of aryl methyl sites for hydroxylation is 1. The molecule has 0 saturated heterocycles. The van der Waals surface area contributed by atoms with Crippen LogP contribution < -0.4 is 0 Å². The smallest absolute Gasteiger partial charge is 0.346 e. The lowest BCUT2D eigenvalue weighted by Gasteiger charge is -2.03. The molecule has 0 saturated carbocycles. The molecule has 104 valence electrons. The average molecular weight is 280 g/mol. The first-order valence-corrected chi connectivity index (χ1v) is 6.63. The number of fused-ring (bicyclic) bond motifs is 1. The molecule has 4 nitrogen and oxygen atoms in total. The number of Topliss-reactive ketones (excluding diaryl/α,β-unsaturated/α-hetero) is 1. The van der Waals surface area contributed by atoms with Crippen molar-refractivity contribution in [1.29, 1.82) is 0 Å². The fourth-order valence-electron chi connectivity index (χ4n) is 2.31. The van der Waals surface area contributed by atoms with Crippen molar-refractivity contribution in [3.63, 3.8) is 0 Å². The summed E-state index contributed by atoms with van der Waals surface area (Å²) in [6.45, 7) is 0. The number of carbonyl (C=O) groups excluding carboxylic acids is 3. The predicted octanol–water partition coefficient (Wildman–Crippen LogP) is 2.81. The quantitative estimate of drug-likeness (QED) is 0.491. The number of cyclic esters (lactones) is 2. The van der Waals surface area contributed by atoms with E-state index in [1.807, 2.05) is 30.3 Å². The molecule has 4 heteroatoms. The normalized spacial score (nSPS) is 13.0. The van der Waals surface area contributed by atoms with E-state index in [4.69, 9.17) is 0 Å². The molecule has 0 N–H and O–H groups in total. The largest absolute Gasteiger partial charge is 0.386 e. The maximum Gasteiger partial charge on any atom is 0.346 e. The van der Waals surface area contributed by atoms with E-state index in [0.717, 1.165) is 5.56 Å². The van der Waals surface area contributed by atoms with Crippen molar-refractivity contribution in [2.75, 3.05) is 0 Å². The van der Waals surface area contributed by atoms with Gasteiger partial charge in [-0.1, -0.05) is 36.4 Å². The molecule has 0 amide bonds. The monoisotopic (exact) mass is 280 g/mol. The molecule has 0 spiro atoms. The maximum atomic E-state index is 12.2. The van der Waals surface area contributed by atoms with Crippen LogP contribution in [0.1, 0.15) is 43.1 Å². The zero-order valence-corrected chi connectivity index (χ0v) is 11.2. The van der Waals surface area contributed by atoms with Gasteiger partial charge in [-0.25, -0.2) is 9.59 Å². The molecule has 0 aliphatic carbocycles. The zero-order valence-electron chi connectivity index (χ0n) is 11.2. The predicted molar refractivity (Wildman–Crippen MR) is 75.3 cm³/mol. The highest BCUT2D eigenvalue weighted by Crippen LogP contribution is 2.22. The molecule has 2 aromatic carbocycles. The summed E-state index contributed by atoms with van der Waals surface area (Å²) >= 11 is 0. The summed E-state index contributed by atoms with van der Waals surface area (Å²) in [7, 11) is 0. The van der Waals surface area contributed by atoms with Crippen LogP contribution in [-0.4, -0.2) is 17.7 Å². The first kappa shape index (κ1) is 13.2. The summed E-state index contributed by atoms with van der Waals surface area (Å²) in [6, 6.07) is 14.2. The minimum atomic E-state index is -0.687. The summed E-state index contributed by atoms with van der Waals surface area (Å²) in [4.78, 5) is 35.0. The van der Waals surface area contributed by atoms with Crippen LogP contribution in [0, 0.1) is 0 Å². The summed E-state index contributed by atoms with van der Waals surface area (Å²) in [5.41, 5.74) is 1.91. The van der Waals surface area contributed by atoms with Crippen LogP contribution in [-0.2, 0) is 11.2 Å². The van der Waals surface area contributed by atoms with Gasteiger partial charge in [-0.3, -0.25) is 4.79 Å². The number of ketones is 1. The van der Waals surface area contributed by atoms with E-state index in [2.05, 4.69) is 4.74 Å². The standard InChI is InChI=1S/C17H12O4/c18-15(9-6-11-4-2-1-3-5-11)12-7-8-13-14(10-12)17(20)21-16(13)19/h1-5,7-8,10H,6,9H2. The number of rotatable bonds is 4. The Bertz CT molecular complexity index is 732. The van der Waals surface area contributed by atoms with Crippen LogP contribution in [0.2, 0.25) is 0 Å². The van der Waals surface area contributed by atoms with Crippen molar-refractivity contribution in [3.05, 3.63) is 70.8 Å². The molecule has 0 atom stereocenters. The van der Waals surface area contributed by atoms with E-state index in [9.17, 15) is 14.4 Å². The zero-order chi connectivity index (χ0) is 14.8. The fraction of sp³-hybridized carbons (Fsp3) is 0.118. The average Bonchev–Trinajstić information content (AvgIpc) is 2.80. The fourth-order valence-corrected chi connectivity index (χ4v) is 2.31. The van der Waals surface area contributed by atoms with Crippen molar-refractivity contribution < 1.29 is 19.1 Å². The summed E-state index contributed by atoms with van der Waals surface area (Å²) < 4.78 is 4.51. The van der Waals surface area contributed by atoms with Crippen LogP contribution in [0.15, 0.2) is 48.5 Å². The molecule has 21 heavy (non-hydrogen) atoms. The van der Waals surface area contributed by atoms with Gasteiger partial charge in [0.2, 0.25) is 0 Å². The van der Waals surface area contributed by atoms with E-state index in [1.165, 1.54) is 12.1 Å². The Hall–Kier alpha value is -2.75. The Balaban J connectivity index is 1.76. The van der Waals surface area contributed by atoms with Gasteiger partial charge in [0, 0.05) is 12.0 Å². The van der Waals surface area contributed by atoms with Gasteiger partial charge in [0.15, 0.2) is 5.78 Å². The topological polar surface area (TPSA) is 60.4 Å². The number of carbonyl (C=O) groups is 3. The molecular weight excluding hydrogens is 268 g/mol. The summed E-state index contributed by atoms with van der Waals surface area (Å²) in [5.74, 6) is -1.40. The lowest BCUT2D eigenvalue weighted by atomic mass is 9.99. The van der Waals surface area contributed by atoms with Crippen molar-refractivity contribution >= 4 is 17.7 Å². The van der Waals surface area contributed by atoms with Gasteiger partial charge in [-0.2, -0.15) is 0 Å². The van der Waals surface area contributed by atoms with Crippen LogP contribution in [0.4, 0.5) is 0 Å². The number of ether oxygens (including phenoxy) is 1. The molecule has 0 bridgehead atoms. The van der Waals surface area contributed by atoms with E-state index >= 15 is 0 Å². The highest BCUT2D eigenvalue weighted by atomic mass is 16.6.